The molecule has 0 radical (unpaired) electrons. The Hall–Kier alpha value is -1.32. The van der Waals surface area contributed by atoms with E-state index in [1.165, 1.54) is 32.1 Å². The zero-order valence-electron chi connectivity index (χ0n) is 13.9. The number of hydrogen-bond acceptors (Lipinski definition) is 3. The highest BCUT2D eigenvalue weighted by molar-refractivity contribution is 5.94. The topological polar surface area (TPSA) is 55.1 Å². The van der Waals surface area contributed by atoms with E-state index in [-0.39, 0.29) is 5.91 Å². The Morgan fingerprint density at radius 3 is 2.52 bits per heavy atom. The molecule has 23 heavy (non-hydrogen) atoms. The summed E-state index contributed by atoms with van der Waals surface area (Å²) in [6, 6.07) is 0.378. The van der Waals surface area contributed by atoms with Gasteiger partial charge in [-0.2, -0.15) is 0 Å². The van der Waals surface area contributed by atoms with Crippen molar-refractivity contribution in [3.05, 3.63) is 17.0 Å². The molecule has 4 saturated carbocycles. The Morgan fingerprint density at radius 1 is 1.13 bits per heavy atom. The van der Waals surface area contributed by atoms with Gasteiger partial charge in [0.1, 0.15) is 5.76 Å². The van der Waals surface area contributed by atoms with Crippen LogP contribution in [0.5, 0.6) is 0 Å². The Balaban J connectivity index is 1.35. The molecule has 1 N–H and O–H groups in total. The molecule has 0 aromatic carbocycles. The summed E-state index contributed by atoms with van der Waals surface area (Å²) in [4.78, 5) is 12.8. The van der Waals surface area contributed by atoms with E-state index in [0.717, 1.165) is 42.4 Å². The smallest absolute Gasteiger partial charge is 0.274 e. The van der Waals surface area contributed by atoms with Gasteiger partial charge in [0.2, 0.25) is 0 Å². The van der Waals surface area contributed by atoms with Gasteiger partial charge >= 0.3 is 0 Å². The lowest BCUT2D eigenvalue weighted by Gasteiger charge is -2.54. The van der Waals surface area contributed by atoms with Crippen LogP contribution in [0.15, 0.2) is 4.52 Å². The van der Waals surface area contributed by atoms with E-state index in [4.69, 9.17) is 4.52 Å². The predicted octanol–water partition coefficient (Wildman–Crippen LogP) is 3.35. The number of aromatic nitrogens is 1. The highest BCUT2D eigenvalue weighted by Crippen LogP contribution is 2.53. The van der Waals surface area contributed by atoms with E-state index in [9.17, 15) is 4.79 Å². The lowest BCUT2D eigenvalue weighted by molar-refractivity contribution is -0.0120. The zero-order valence-corrected chi connectivity index (χ0v) is 13.9. The first-order valence-corrected chi connectivity index (χ1v) is 9.45. The average molecular weight is 314 g/mol. The fourth-order valence-corrected chi connectivity index (χ4v) is 6.14. The maximum atomic E-state index is 12.8. The van der Waals surface area contributed by atoms with Gasteiger partial charge in [-0.15, -0.1) is 0 Å². The molecule has 0 unspecified atom stereocenters. The lowest BCUT2D eigenvalue weighted by Crippen LogP contribution is -2.55. The summed E-state index contributed by atoms with van der Waals surface area (Å²) >= 11 is 0. The third-order valence-electron chi connectivity index (χ3n) is 7.03. The van der Waals surface area contributed by atoms with Gasteiger partial charge in [0.15, 0.2) is 5.69 Å². The van der Waals surface area contributed by atoms with Crippen LogP contribution in [-0.2, 0) is 12.8 Å². The Bertz CT molecular complexity index is 607. The number of nitrogens with zero attached hydrogens (tertiary/aromatic N) is 1. The van der Waals surface area contributed by atoms with Crippen molar-refractivity contribution >= 4 is 5.91 Å². The summed E-state index contributed by atoms with van der Waals surface area (Å²) in [5, 5.41) is 7.50. The first-order chi connectivity index (χ1) is 11.2. The quantitative estimate of drug-likeness (QED) is 0.910. The van der Waals surface area contributed by atoms with Crippen molar-refractivity contribution < 1.29 is 9.32 Å². The van der Waals surface area contributed by atoms with Crippen LogP contribution < -0.4 is 5.32 Å². The first kappa shape index (κ1) is 14.1. The maximum absolute atomic E-state index is 12.8. The third-order valence-corrected chi connectivity index (χ3v) is 7.03. The number of fused-ring (bicyclic) bond motifs is 1. The molecular weight excluding hydrogens is 288 g/mol. The number of carbonyl (C=O) groups excluding carboxylic acids is 1. The molecule has 124 valence electrons. The van der Waals surface area contributed by atoms with Crippen LogP contribution in [0.2, 0.25) is 0 Å². The molecule has 0 saturated heterocycles. The number of aryl methyl sites for hydroxylation is 1. The summed E-state index contributed by atoms with van der Waals surface area (Å²) in [5.41, 5.74) is 1.64. The minimum Gasteiger partial charge on any atom is -0.360 e. The monoisotopic (exact) mass is 314 g/mol. The summed E-state index contributed by atoms with van der Waals surface area (Å²) in [7, 11) is 0. The van der Waals surface area contributed by atoms with Gasteiger partial charge in [0.25, 0.3) is 5.91 Å². The molecule has 4 fully saturated rings. The number of amides is 1. The fraction of sp³-hybridized carbons (Fsp3) is 0.789. The fourth-order valence-electron chi connectivity index (χ4n) is 6.14. The minimum atomic E-state index is 0.0153. The molecule has 1 atom stereocenters. The molecule has 1 aromatic rings. The molecule has 4 heteroatoms. The van der Waals surface area contributed by atoms with Gasteiger partial charge in [0, 0.05) is 18.0 Å². The van der Waals surface area contributed by atoms with Crippen LogP contribution in [0.25, 0.3) is 0 Å². The van der Waals surface area contributed by atoms with Crippen LogP contribution in [0.1, 0.15) is 67.3 Å². The molecule has 5 aliphatic rings. The minimum absolute atomic E-state index is 0.0153. The predicted molar refractivity (Wildman–Crippen MR) is 86.0 cm³/mol. The second-order valence-electron chi connectivity index (χ2n) is 8.71. The van der Waals surface area contributed by atoms with Crippen LogP contribution in [0, 0.1) is 29.6 Å². The van der Waals surface area contributed by atoms with Gasteiger partial charge in [0.05, 0.1) is 0 Å². The van der Waals surface area contributed by atoms with Crippen molar-refractivity contribution in [1.29, 1.82) is 0 Å². The highest BCUT2D eigenvalue weighted by atomic mass is 16.5. The average Bonchev–Trinajstić information content (AvgIpc) is 2.93. The summed E-state index contributed by atoms with van der Waals surface area (Å²) in [6.45, 7) is 2.25. The van der Waals surface area contributed by atoms with E-state index < -0.39 is 0 Å². The zero-order chi connectivity index (χ0) is 15.6. The molecular formula is C19H26N2O2. The normalized spacial score (nSPS) is 40.9. The SMILES string of the molecule is C[C@@H]1CCc2onc(C(=O)NC3C4CC5CC(C4)CC3C5)c2C1. The van der Waals surface area contributed by atoms with Crippen LogP contribution in [-0.4, -0.2) is 17.1 Å². The van der Waals surface area contributed by atoms with Gasteiger partial charge in [-0.1, -0.05) is 12.1 Å². The molecule has 5 aliphatic carbocycles. The summed E-state index contributed by atoms with van der Waals surface area (Å²) in [5.74, 6) is 4.86. The van der Waals surface area contributed by atoms with Gasteiger partial charge < -0.3 is 9.84 Å². The van der Waals surface area contributed by atoms with Crippen molar-refractivity contribution in [3.8, 4) is 0 Å². The first-order valence-electron chi connectivity index (χ1n) is 9.45. The molecule has 0 aliphatic heterocycles. The number of carbonyl (C=O) groups is 1. The largest absolute Gasteiger partial charge is 0.360 e. The molecule has 0 spiro atoms. The lowest BCUT2D eigenvalue weighted by atomic mass is 9.54. The van der Waals surface area contributed by atoms with E-state index in [0.29, 0.717) is 29.5 Å². The molecule has 4 bridgehead atoms. The summed E-state index contributed by atoms with van der Waals surface area (Å²) < 4.78 is 5.45. The molecule has 1 aromatic heterocycles. The van der Waals surface area contributed by atoms with Gasteiger partial charge in [-0.3, -0.25) is 4.79 Å². The van der Waals surface area contributed by atoms with Crippen LogP contribution in [0.3, 0.4) is 0 Å². The van der Waals surface area contributed by atoms with Crippen molar-refractivity contribution in [2.45, 2.75) is 64.3 Å². The standard InChI is InChI=1S/C19H26N2O2/c1-10-2-3-16-15(4-10)18(21-23-16)19(22)20-17-13-6-11-5-12(8-13)9-14(17)7-11/h10-14,17H,2-9H2,1H3,(H,20,22)/t10-,11?,12?,13?,14?,17?/m1/s1. The number of hydrogen-bond donors (Lipinski definition) is 1. The molecule has 6 rings (SSSR count). The van der Waals surface area contributed by atoms with Crippen molar-refractivity contribution in [1.82, 2.24) is 10.5 Å². The van der Waals surface area contributed by atoms with Crippen LogP contribution >= 0.6 is 0 Å². The van der Waals surface area contributed by atoms with E-state index >= 15 is 0 Å². The van der Waals surface area contributed by atoms with Gasteiger partial charge in [-0.05, 0) is 74.5 Å². The second-order valence-corrected chi connectivity index (χ2v) is 8.71. The second kappa shape index (κ2) is 5.09. The van der Waals surface area contributed by atoms with E-state index in [2.05, 4.69) is 17.4 Å². The molecule has 1 amide bonds. The van der Waals surface area contributed by atoms with E-state index in [1.807, 2.05) is 0 Å². The van der Waals surface area contributed by atoms with Crippen molar-refractivity contribution in [2.24, 2.45) is 29.6 Å². The number of nitrogens with one attached hydrogen (secondary N) is 1. The molecule has 4 nitrogen and oxygen atoms in total. The van der Waals surface area contributed by atoms with E-state index in [1.54, 1.807) is 0 Å². The number of rotatable bonds is 2. The third kappa shape index (κ3) is 2.25. The van der Waals surface area contributed by atoms with Crippen molar-refractivity contribution in [2.75, 3.05) is 0 Å². The van der Waals surface area contributed by atoms with Crippen molar-refractivity contribution in [3.63, 3.8) is 0 Å². The highest BCUT2D eigenvalue weighted by Gasteiger charge is 2.48. The Morgan fingerprint density at radius 2 is 1.83 bits per heavy atom. The Kier molecular flexibility index (Phi) is 3.11. The van der Waals surface area contributed by atoms with Crippen LogP contribution in [0.4, 0.5) is 0 Å². The maximum Gasteiger partial charge on any atom is 0.274 e. The summed E-state index contributed by atoms with van der Waals surface area (Å²) in [6.07, 6.45) is 9.74. The van der Waals surface area contributed by atoms with Gasteiger partial charge in [-0.25, -0.2) is 0 Å². The molecule has 1 heterocycles. The Labute approximate surface area is 137 Å².